The lowest BCUT2D eigenvalue weighted by Gasteiger charge is -2.21. The molecular weight excluding hydrogens is 310 g/mol. The summed E-state index contributed by atoms with van der Waals surface area (Å²) in [5, 5.41) is 1.31. The summed E-state index contributed by atoms with van der Waals surface area (Å²) >= 11 is 6.10. The first-order valence-electron chi connectivity index (χ1n) is 7.50. The molecule has 1 N–H and O–H groups in total. The molecule has 5 nitrogen and oxygen atoms in total. The molecule has 0 spiro atoms. The van der Waals surface area contributed by atoms with E-state index >= 15 is 0 Å². The maximum Gasteiger partial charge on any atom is 0.142 e. The summed E-state index contributed by atoms with van der Waals surface area (Å²) in [5.74, 6) is 0. The number of hydrogen-bond donors (Lipinski definition) is 1. The van der Waals surface area contributed by atoms with Crippen LogP contribution < -0.4 is 4.90 Å². The van der Waals surface area contributed by atoms with Crippen LogP contribution in [-0.2, 0) is 0 Å². The fourth-order valence-electron chi connectivity index (χ4n) is 2.44. The van der Waals surface area contributed by atoms with Crippen LogP contribution in [-0.4, -0.2) is 54.1 Å². The third-order valence-corrected chi connectivity index (χ3v) is 4.18. The van der Waals surface area contributed by atoms with Crippen molar-refractivity contribution < 1.29 is 0 Å². The third kappa shape index (κ3) is 3.46. The predicted octanol–water partition coefficient (Wildman–Crippen LogP) is 3.28. The van der Waals surface area contributed by atoms with Crippen molar-refractivity contribution in [1.29, 1.82) is 0 Å². The molecule has 0 bridgehead atoms. The molecule has 0 aliphatic carbocycles. The van der Waals surface area contributed by atoms with E-state index < -0.39 is 0 Å². The topological polar surface area (TPSA) is 48.1 Å². The average molecular weight is 330 g/mol. The van der Waals surface area contributed by atoms with Crippen LogP contribution in [0.5, 0.6) is 0 Å². The standard InChI is InChI=1S/C17H20ClN5/c1-22(2)8-9-23(3)13-6-4-12(5-7-13)15-10-14-16(18)19-11-20-17(14)21-15/h4-7,10-11H,8-9H2,1-3H3,(H,19,20,21). The number of halogens is 1. The Bertz CT molecular complexity index is 794. The van der Waals surface area contributed by atoms with Gasteiger partial charge in [0.25, 0.3) is 0 Å². The highest BCUT2D eigenvalue weighted by atomic mass is 35.5. The lowest BCUT2D eigenvalue weighted by atomic mass is 10.1. The number of benzene rings is 1. The van der Waals surface area contributed by atoms with Crippen molar-refractivity contribution in [1.82, 2.24) is 19.9 Å². The van der Waals surface area contributed by atoms with Crippen LogP contribution in [0.25, 0.3) is 22.3 Å². The molecule has 120 valence electrons. The Kier molecular flexibility index (Phi) is 4.50. The van der Waals surface area contributed by atoms with Crippen molar-refractivity contribution in [3.05, 3.63) is 41.8 Å². The smallest absolute Gasteiger partial charge is 0.142 e. The van der Waals surface area contributed by atoms with Gasteiger partial charge < -0.3 is 14.8 Å². The number of anilines is 1. The van der Waals surface area contributed by atoms with E-state index in [0.717, 1.165) is 35.4 Å². The maximum atomic E-state index is 6.10. The minimum atomic E-state index is 0.470. The van der Waals surface area contributed by atoms with Crippen molar-refractivity contribution in [2.75, 3.05) is 39.1 Å². The van der Waals surface area contributed by atoms with Crippen molar-refractivity contribution in [3.63, 3.8) is 0 Å². The summed E-state index contributed by atoms with van der Waals surface area (Å²) in [4.78, 5) is 15.9. The molecule has 0 fully saturated rings. The fraction of sp³-hybridized carbons (Fsp3) is 0.294. The van der Waals surface area contributed by atoms with Gasteiger partial charge in [0, 0.05) is 31.5 Å². The van der Waals surface area contributed by atoms with Gasteiger partial charge >= 0.3 is 0 Å². The number of rotatable bonds is 5. The first-order chi connectivity index (χ1) is 11.0. The maximum absolute atomic E-state index is 6.10. The number of fused-ring (bicyclic) bond motifs is 1. The Hall–Kier alpha value is -2.11. The molecule has 0 amide bonds. The molecule has 0 aliphatic heterocycles. The van der Waals surface area contributed by atoms with E-state index in [-0.39, 0.29) is 0 Å². The number of nitrogens with zero attached hydrogens (tertiary/aromatic N) is 4. The lowest BCUT2D eigenvalue weighted by molar-refractivity contribution is 0.416. The van der Waals surface area contributed by atoms with E-state index in [0.29, 0.717) is 5.15 Å². The van der Waals surface area contributed by atoms with E-state index in [1.807, 2.05) is 6.07 Å². The van der Waals surface area contributed by atoms with Gasteiger partial charge in [-0.05, 0) is 37.9 Å². The first kappa shape index (κ1) is 15.8. The zero-order valence-corrected chi connectivity index (χ0v) is 14.3. The molecule has 0 unspecified atom stereocenters. The van der Waals surface area contributed by atoms with Gasteiger partial charge in [-0.25, -0.2) is 9.97 Å². The molecule has 0 radical (unpaired) electrons. The highest BCUT2D eigenvalue weighted by Gasteiger charge is 2.08. The van der Waals surface area contributed by atoms with Gasteiger partial charge in [0.05, 0.1) is 5.39 Å². The summed E-state index contributed by atoms with van der Waals surface area (Å²) in [7, 11) is 6.28. The largest absolute Gasteiger partial charge is 0.373 e. The summed E-state index contributed by atoms with van der Waals surface area (Å²) in [5.41, 5.74) is 4.05. The quantitative estimate of drug-likeness (QED) is 0.730. The number of aromatic nitrogens is 3. The van der Waals surface area contributed by atoms with Crippen molar-refractivity contribution in [2.45, 2.75) is 0 Å². The van der Waals surface area contributed by atoms with E-state index in [1.165, 1.54) is 12.0 Å². The Balaban J connectivity index is 1.82. The van der Waals surface area contributed by atoms with Gasteiger partial charge in [-0.1, -0.05) is 23.7 Å². The highest BCUT2D eigenvalue weighted by Crippen LogP contribution is 2.27. The molecule has 0 saturated carbocycles. The van der Waals surface area contributed by atoms with Crippen molar-refractivity contribution in [3.8, 4) is 11.3 Å². The van der Waals surface area contributed by atoms with Crippen LogP contribution in [0.1, 0.15) is 0 Å². The Morgan fingerprint density at radius 1 is 1.04 bits per heavy atom. The van der Waals surface area contributed by atoms with Gasteiger partial charge in [0.15, 0.2) is 0 Å². The van der Waals surface area contributed by atoms with Crippen LogP contribution >= 0.6 is 11.6 Å². The van der Waals surface area contributed by atoms with E-state index in [1.54, 1.807) is 0 Å². The van der Waals surface area contributed by atoms with E-state index in [4.69, 9.17) is 11.6 Å². The lowest BCUT2D eigenvalue weighted by Crippen LogP contribution is -2.28. The Morgan fingerprint density at radius 2 is 1.78 bits per heavy atom. The fourth-order valence-corrected chi connectivity index (χ4v) is 2.63. The third-order valence-electron chi connectivity index (χ3n) is 3.88. The minimum absolute atomic E-state index is 0.470. The zero-order valence-electron chi connectivity index (χ0n) is 13.5. The van der Waals surface area contributed by atoms with Gasteiger partial charge in [0.1, 0.15) is 17.1 Å². The summed E-state index contributed by atoms with van der Waals surface area (Å²) in [6.07, 6.45) is 1.47. The number of likely N-dealkylation sites (N-methyl/N-ethyl adjacent to an activating group) is 2. The van der Waals surface area contributed by atoms with E-state index in [2.05, 4.69) is 70.2 Å². The number of nitrogens with one attached hydrogen (secondary N) is 1. The molecular formula is C17H20ClN5. The molecule has 2 aromatic heterocycles. The molecule has 3 rings (SSSR count). The molecule has 0 atom stereocenters. The second kappa shape index (κ2) is 6.56. The van der Waals surface area contributed by atoms with Crippen LogP contribution in [0.15, 0.2) is 36.7 Å². The number of hydrogen-bond acceptors (Lipinski definition) is 4. The van der Waals surface area contributed by atoms with Gasteiger partial charge in [-0.15, -0.1) is 0 Å². The van der Waals surface area contributed by atoms with Gasteiger partial charge in [-0.3, -0.25) is 0 Å². The monoisotopic (exact) mass is 329 g/mol. The van der Waals surface area contributed by atoms with Crippen LogP contribution in [0.2, 0.25) is 5.15 Å². The summed E-state index contributed by atoms with van der Waals surface area (Å²) < 4.78 is 0. The average Bonchev–Trinajstić information content (AvgIpc) is 2.98. The summed E-state index contributed by atoms with van der Waals surface area (Å²) in [6.45, 7) is 2.02. The van der Waals surface area contributed by atoms with E-state index in [9.17, 15) is 0 Å². The molecule has 2 heterocycles. The van der Waals surface area contributed by atoms with Crippen molar-refractivity contribution >= 4 is 28.3 Å². The highest BCUT2D eigenvalue weighted by molar-refractivity contribution is 6.34. The molecule has 3 aromatic rings. The van der Waals surface area contributed by atoms with Gasteiger partial charge in [0.2, 0.25) is 0 Å². The number of H-pyrrole nitrogens is 1. The number of aromatic amines is 1. The Morgan fingerprint density at radius 3 is 2.43 bits per heavy atom. The van der Waals surface area contributed by atoms with Crippen LogP contribution in [0.4, 0.5) is 5.69 Å². The second-order valence-electron chi connectivity index (χ2n) is 5.88. The minimum Gasteiger partial charge on any atom is -0.373 e. The second-order valence-corrected chi connectivity index (χ2v) is 6.24. The van der Waals surface area contributed by atoms with Crippen LogP contribution in [0, 0.1) is 0 Å². The molecule has 0 aliphatic rings. The molecule has 23 heavy (non-hydrogen) atoms. The zero-order chi connectivity index (χ0) is 16.4. The normalized spacial score (nSPS) is 11.3. The summed E-state index contributed by atoms with van der Waals surface area (Å²) in [6, 6.07) is 10.5. The Labute approximate surface area is 140 Å². The van der Waals surface area contributed by atoms with Crippen molar-refractivity contribution in [2.24, 2.45) is 0 Å². The SMILES string of the molecule is CN(C)CCN(C)c1ccc(-c2cc3c(Cl)ncnc3[nH]2)cc1. The first-order valence-corrected chi connectivity index (χ1v) is 7.88. The van der Waals surface area contributed by atoms with Crippen LogP contribution in [0.3, 0.4) is 0 Å². The molecule has 1 aromatic carbocycles. The molecule has 0 saturated heterocycles. The van der Waals surface area contributed by atoms with Gasteiger partial charge in [-0.2, -0.15) is 0 Å². The molecule has 6 heteroatoms. The predicted molar refractivity (Wildman–Crippen MR) is 96.2 cm³/mol.